The maximum absolute atomic E-state index is 13.1. The number of allylic oxidation sites excluding steroid dienone is 3. The first-order chi connectivity index (χ1) is 16.5. The summed E-state index contributed by atoms with van der Waals surface area (Å²) in [6, 6.07) is 14.6. The van der Waals surface area contributed by atoms with E-state index in [9.17, 15) is 9.59 Å². The monoisotopic (exact) mass is 491 g/mol. The fourth-order valence-electron chi connectivity index (χ4n) is 4.77. The molecule has 1 fully saturated rings. The molecule has 1 aliphatic carbocycles. The molecule has 170 valence electrons. The number of rotatable bonds is 3. The normalized spacial score (nSPS) is 23.4. The van der Waals surface area contributed by atoms with E-state index in [-0.39, 0.29) is 35.6 Å². The lowest BCUT2D eigenvalue weighted by molar-refractivity contribution is -0.122. The fourth-order valence-corrected chi connectivity index (χ4v) is 5.02. The summed E-state index contributed by atoms with van der Waals surface area (Å²) in [5.74, 6) is -0.637. The molecule has 1 N–H and O–H groups in total. The Labute approximate surface area is 205 Å². The van der Waals surface area contributed by atoms with E-state index in [1.807, 2.05) is 66.8 Å². The largest absolute Gasteiger partial charge is 0.324 e. The van der Waals surface area contributed by atoms with Crippen LogP contribution in [0.3, 0.4) is 0 Å². The summed E-state index contributed by atoms with van der Waals surface area (Å²) in [6.45, 7) is 0. The average molecular weight is 492 g/mol. The second kappa shape index (κ2) is 8.11. The molecule has 3 unspecified atom stereocenters. The summed E-state index contributed by atoms with van der Waals surface area (Å²) in [7, 11) is 0. The van der Waals surface area contributed by atoms with E-state index in [0.717, 1.165) is 21.7 Å². The molecule has 6 rings (SSSR count). The number of nitrogens with zero attached hydrogens (tertiary/aromatic N) is 4. The first kappa shape index (κ1) is 21.1. The quantitative estimate of drug-likeness (QED) is 0.407. The van der Waals surface area contributed by atoms with Crippen molar-refractivity contribution in [2.75, 3.05) is 10.2 Å². The number of aromatic nitrogens is 3. The van der Waals surface area contributed by atoms with Gasteiger partial charge in [0.05, 0.1) is 11.8 Å². The Morgan fingerprint density at radius 2 is 1.44 bits per heavy atom. The zero-order chi connectivity index (χ0) is 23.4. The molecule has 3 aromatic rings. The first-order valence-electron chi connectivity index (χ1n) is 11.0. The second-order valence-corrected chi connectivity index (χ2v) is 9.43. The van der Waals surface area contributed by atoms with Gasteiger partial charge in [-0.2, -0.15) is 4.98 Å². The Balaban J connectivity index is 1.42. The van der Waals surface area contributed by atoms with E-state index in [4.69, 9.17) is 23.2 Å². The predicted molar refractivity (Wildman–Crippen MR) is 131 cm³/mol. The number of anilines is 2. The van der Waals surface area contributed by atoms with Crippen molar-refractivity contribution in [1.82, 2.24) is 14.8 Å². The number of carbonyl (C=O) groups excluding carboxylic acids is 2. The van der Waals surface area contributed by atoms with Gasteiger partial charge in [0, 0.05) is 15.7 Å². The highest BCUT2D eigenvalue weighted by atomic mass is 35.5. The van der Waals surface area contributed by atoms with Crippen LogP contribution >= 0.6 is 23.2 Å². The Hall–Kier alpha value is -3.42. The van der Waals surface area contributed by atoms with Gasteiger partial charge in [-0.15, -0.1) is 5.10 Å². The van der Waals surface area contributed by atoms with Crippen LogP contribution in [0.1, 0.15) is 30.0 Å². The zero-order valence-corrected chi connectivity index (χ0v) is 19.4. The number of imide groups is 1. The lowest BCUT2D eigenvalue weighted by Crippen LogP contribution is -2.32. The van der Waals surface area contributed by atoms with Gasteiger partial charge in [-0.05, 0) is 54.3 Å². The third-order valence-corrected chi connectivity index (χ3v) is 7.03. The Kier molecular flexibility index (Phi) is 5.04. The number of nitrogens with one attached hydrogen (secondary N) is 1. The number of hydrogen-bond donors (Lipinski definition) is 1. The van der Waals surface area contributed by atoms with Gasteiger partial charge in [0.1, 0.15) is 6.04 Å². The summed E-state index contributed by atoms with van der Waals surface area (Å²) < 4.78 is 1.69. The van der Waals surface area contributed by atoms with Crippen LogP contribution in [-0.4, -0.2) is 26.6 Å². The molecule has 9 heteroatoms. The first-order valence-corrected chi connectivity index (χ1v) is 11.7. The molecule has 3 heterocycles. The molecular formula is C25H19Cl2N5O2. The lowest BCUT2D eigenvalue weighted by atomic mass is 9.85. The standard InChI is InChI=1S/C25H19Cl2N5O2/c26-16-9-5-14(6-10-16)20-13-21(15-7-11-17(27)12-8-15)32-24(28-20)29-25(30-32)31-22(33)18-3-1-2-4-19(18)23(31)34/h1-2,5-13,18-19,21H,3-4H2,(H,28,29,30). The molecule has 7 nitrogen and oxygen atoms in total. The van der Waals surface area contributed by atoms with Crippen LogP contribution in [0.4, 0.5) is 11.9 Å². The van der Waals surface area contributed by atoms with Gasteiger partial charge in [0.2, 0.25) is 17.8 Å². The molecule has 2 aliphatic heterocycles. The van der Waals surface area contributed by atoms with E-state index in [1.165, 1.54) is 0 Å². The van der Waals surface area contributed by atoms with Crippen molar-refractivity contribution >= 4 is 52.6 Å². The van der Waals surface area contributed by atoms with Crippen molar-refractivity contribution in [1.29, 1.82) is 0 Å². The number of hydrogen-bond acceptors (Lipinski definition) is 5. The topological polar surface area (TPSA) is 80.1 Å². The molecule has 34 heavy (non-hydrogen) atoms. The molecule has 3 atom stereocenters. The van der Waals surface area contributed by atoms with Crippen molar-refractivity contribution in [3.05, 3.63) is 87.9 Å². The Morgan fingerprint density at radius 3 is 2.06 bits per heavy atom. The van der Waals surface area contributed by atoms with Gasteiger partial charge in [-0.25, -0.2) is 9.58 Å². The maximum Gasteiger partial charge on any atom is 0.260 e. The smallest absolute Gasteiger partial charge is 0.260 e. The van der Waals surface area contributed by atoms with Gasteiger partial charge < -0.3 is 5.32 Å². The van der Waals surface area contributed by atoms with Crippen molar-refractivity contribution in [3.8, 4) is 0 Å². The Bertz CT molecular complexity index is 1330. The third-order valence-electron chi connectivity index (χ3n) is 6.53. The number of carbonyl (C=O) groups is 2. The molecule has 0 radical (unpaired) electrons. The van der Waals surface area contributed by atoms with E-state index in [0.29, 0.717) is 28.8 Å². The highest BCUT2D eigenvalue weighted by Crippen LogP contribution is 2.39. The van der Waals surface area contributed by atoms with Crippen LogP contribution in [0.25, 0.3) is 5.70 Å². The predicted octanol–water partition coefficient (Wildman–Crippen LogP) is 5.10. The van der Waals surface area contributed by atoms with Crippen LogP contribution in [0.2, 0.25) is 10.0 Å². The minimum Gasteiger partial charge on any atom is -0.324 e. The third kappa shape index (κ3) is 3.43. The number of amides is 2. The summed E-state index contributed by atoms with van der Waals surface area (Å²) in [4.78, 5) is 31.9. The van der Waals surface area contributed by atoms with E-state index in [2.05, 4.69) is 15.4 Å². The second-order valence-electron chi connectivity index (χ2n) is 8.56. The van der Waals surface area contributed by atoms with E-state index < -0.39 is 0 Å². The zero-order valence-electron chi connectivity index (χ0n) is 17.9. The summed E-state index contributed by atoms with van der Waals surface area (Å²) in [5, 5.41) is 9.19. The highest BCUT2D eigenvalue weighted by molar-refractivity contribution is 6.30. The maximum atomic E-state index is 13.1. The van der Waals surface area contributed by atoms with Crippen LogP contribution in [0, 0.1) is 11.8 Å². The van der Waals surface area contributed by atoms with Gasteiger partial charge in [0.15, 0.2) is 0 Å². The fraction of sp³-hybridized carbons (Fsp3) is 0.200. The molecule has 0 saturated carbocycles. The van der Waals surface area contributed by atoms with Gasteiger partial charge in [-0.1, -0.05) is 59.6 Å². The lowest BCUT2D eigenvalue weighted by Gasteiger charge is -2.24. The molecule has 0 bridgehead atoms. The van der Waals surface area contributed by atoms with Crippen LogP contribution in [-0.2, 0) is 9.59 Å². The molecule has 3 aliphatic rings. The minimum absolute atomic E-state index is 0.0941. The van der Waals surface area contributed by atoms with E-state index in [1.54, 1.807) is 4.68 Å². The van der Waals surface area contributed by atoms with Gasteiger partial charge in [-0.3, -0.25) is 9.59 Å². The SMILES string of the molecule is O=C1C2CC=CCC2C(=O)N1c1nc2n(n1)C(c1ccc(Cl)cc1)C=C(c1ccc(Cl)cc1)N2. The van der Waals surface area contributed by atoms with Gasteiger partial charge in [0.25, 0.3) is 5.95 Å². The molecule has 2 aromatic carbocycles. The van der Waals surface area contributed by atoms with Gasteiger partial charge >= 0.3 is 0 Å². The molecule has 1 aromatic heterocycles. The summed E-state index contributed by atoms with van der Waals surface area (Å²) in [6.07, 6.45) is 7.07. The molecular weight excluding hydrogens is 473 g/mol. The molecule has 0 spiro atoms. The summed E-state index contributed by atoms with van der Waals surface area (Å²) in [5.41, 5.74) is 2.68. The highest BCUT2D eigenvalue weighted by Gasteiger charge is 2.49. The van der Waals surface area contributed by atoms with Crippen LogP contribution in [0.5, 0.6) is 0 Å². The summed E-state index contributed by atoms with van der Waals surface area (Å²) >= 11 is 12.2. The average Bonchev–Trinajstić information content (AvgIpc) is 3.38. The van der Waals surface area contributed by atoms with E-state index >= 15 is 0 Å². The number of benzene rings is 2. The molecule has 2 amide bonds. The Morgan fingerprint density at radius 1 is 0.853 bits per heavy atom. The van der Waals surface area contributed by atoms with Crippen molar-refractivity contribution in [2.24, 2.45) is 11.8 Å². The van der Waals surface area contributed by atoms with Crippen molar-refractivity contribution < 1.29 is 9.59 Å². The van der Waals surface area contributed by atoms with Crippen molar-refractivity contribution in [2.45, 2.75) is 18.9 Å². The minimum atomic E-state index is -0.346. The molecule has 1 saturated heterocycles. The van der Waals surface area contributed by atoms with Crippen molar-refractivity contribution in [3.63, 3.8) is 0 Å². The van der Waals surface area contributed by atoms with Crippen LogP contribution < -0.4 is 10.2 Å². The number of fused-ring (bicyclic) bond motifs is 2. The number of halogens is 2. The van der Waals surface area contributed by atoms with Crippen LogP contribution in [0.15, 0.2) is 66.8 Å².